The average molecular weight is 292 g/mol. The maximum Gasteiger partial charge on any atom is 0.416 e. The molecule has 2 aromatic rings. The van der Waals surface area contributed by atoms with Crippen LogP contribution in [0.3, 0.4) is 0 Å². The van der Waals surface area contributed by atoms with Gasteiger partial charge in [-0.2, -0.15) is 13.2 Å². The summed E-state index contributed by atoms with van der Waals surface area (Å²) in [7, 11) is 0. The van der Waals surface area contributed by atoms with E-state index >= 15 is 0 Å². The molecule has 0 saturated carbocycles. The van der Waals surface area contributed by atoms with Gasteiger partial charge in [0.1, 0.15) is 6.04 Å². The van der Waals surface area contributed by atoms with Gasteiger partial charge in [0, 0.05) is 11.3 Å². The second-order valence-electron chi connectivity index (χ2n) is 4.75. The standard InChI is InChI=1S/C15H11F3N2O/c16-15(17,18)9-5-7-10(8-6-9)20-12-4-2-1-3-11(12)13(19)14(20)21/h1-8,13H,19H2. The number of fused-ring (bicyclic) bond motifs is 1. The first kappa shape index (κ1) is 13.6. The molecule has 1 aliphatic rings. The van der Waals surface area contributed by atoms with E-state index in [0.717, 1.165) is 12.1 Å². The zero-order valence-electron chi connectivity index (χ0n) is 10.8. The Morgan fingerprint density at radius 3 is 2.24 bits per heavy atom. The molecule has 1 atom stereocenters. The van der Waals surface area contributed by atoms with E-state index < -0.39 is 17.8 Å². The normalized spacial score (nSPS) is 18.0. The molecule has 0 radical (unpaired) electrons. The first-order valence-corrected chi connectivity index (χ1v) is 6.25. The van der Waals surface area contributed by atoms with Gasteiger partial charge in [0.2, 0.25) is 0 Å². The number of nitrogens with two attached hydrogens (primary N) is 1. The van der Waals surface area contributed by atoms with E-state index in [2.05, 4.69) is 0 Å². The van der Waals surface area contributed by atoms with Crippen LogP contribution in [0.25, 0.3) is 0 Å². The number of benzene rings is 2. The third-order valence-electron chi connectivity index (χ3n) is 3.45. The molecule has 0 saturated heterocycles. The van der Waals surface area contributed by atoms with Gasteiger partial charge in [-0.1, -0.05) is 18.2 Å². The second kappa shape index (κ2) is 4.60. The third kappa shape index (κ3) is 2.17. The van der Waals surface area contributed by atoms with E-state index in [9.17, 15) is 18.0 Å². The molecule has 1 heterocycles. The highest BCUT2D eigenvalue weighted by Crippen LogP contribution is 2.40. The van der Waals surface area contributed by atoms with E-state index in [0.29, 0.717) is 16.9 Å². The van der Waals surface area contributed by atoms with Crippen molar-refractivity contribution in [1.29, 1.82) is 0 Å². The molecule has 0 aromatic heterocycles. The average Bonchev–Trinajstić information content (AvgIpc) is 2.71. The lowest BCUT2D eigenvalue weighted by atomic mass is 10.1. The van der Waals surface area contributed by atoms with Gasteiger partial charge in [-0.3, -0.25) is 9.69 Å². The Morgan fingerprint density at radius 1 is 1.00 bits per heavy atom. The third-order valence-corrected chi connectivity index (χ3v) is 3.45. The fourth-order valence-corrected chi connectivity index (χ4v) is 2.41. The molecule has 0 bridgehead atoms. The maximum absolute atomic E-state index is 12.6. The lowest BCUT2D eigenvalue weighted by molar-refractivity contribution is -0.137. The van der Waals surface area contributed by atoms with Gasteiger partial charge in [0.15, 0.2) is 0 Å². The number of halogens is 3. The molecule has 0 fully saturated rings. The molecule has 3 rings (SSSR count). The van der Waals surface area contributed by atoms with Crippen molar-refractivity contribution in [1.82, 2.24) is 0 Å². The van der Waals surface area contributed by atoms with E-state index in [4.69, 9.17) is 5.73 Å². The van der Waals surface area contributed by atoms with E-state index in [1.54, 1.807) is 24.3 Å². The highest BCUT2D eigenvalue weighted by atomic mass is 19.4. The summed E-state index contributed by atoms with van der Waals surface area (Å²) < 4.78 is 37.7. The smallest absolute Gasteiger partial charge is 0.316 e. The Morgan fingerprint density at radius 2 is 1.62 bits per heavy atom. The van der Waals surface area contributed by atoms with Crippen LogP contribution in [0.4, 0.5) is 24.5 Å². The number of para-hydroxylation sites is 1. The molecule has 0 spiro atoms. The van der Waals surface area contributed by atoms with Crippen LogP contribution >= 0.6 is 0 Å². The van der Waals surface area contributed by atoms with Crippen LogP contribution in [-0.2, 0) is 11.0 Å². The molecular formula is C15H11F3N2O. The molecular weight excluding hydrogens is 281 g/mol. The monoisotopic (exact) mass is 292 g/mol. The van der Waals surface area contributed by atoms with E-state index in [1.165, 1.54) is 17.0 Å². The van der Waals surface area contributed by atoms with Crippen LogP contribution in [0.2, 0.25) is 0 Å². The summed E-state index contributed by atoms with van der Waals surface area (Å²) in [6, 6.07) is 10.6. The Labute approximate surface area is 118 Å². The van der Waals surface area contributed by atoms with Crippen LogP contribution < -0.4 is 10.6 Å². The van der Waals surface area contributed by atoms with Gasteiger partial charge in [0.25, 0.3) is 5.91 Å². The van der Waals surface area contributed by atoms with Crippen molar-refractivity contribution in [2.75, 3.05) is 4.90 Å². The zero-order valence-corrected chi connectivity index (χ0v) is 10.8. The molecule has 2 aromatic carbocycles. The molecule has 1 aliphatic heterocycles. The molecule has 21 heavy (non-hydrogen) atoms. The Bertz CT molecular complexity index is 695. The van der Waals surface area contributed by atoms with Crippen LogP contribution in [0.5, 0.6) is 0 Å². The molecule has 0 aliphatic carbocycles. The maximum atomic E-state index is 12.6. The van der Waals surface area contributed by atoms with Crippen molar-refractivity contribution in [2.24, 2.45) is 5.73 Å². The quantitative estimate of drug-likeness (QED) is 0.875. The van der Waals surface area contributed by atoms with Crippen molar-refractivity contribution in [3.05, 3.63) is 59.7 Å². The number of amides is 1. The Hall–Kier alpha value is -2.34. The zero-order chi connectivity index (χ0) is 15.2. The largest absolute Gasteiger partial charge is 0.416 e. The minimum atomic E-state index is -4.40. The van der Waals surface area contributed by atoms with Crippen molar-refractivity contribution < 1.29 is 18.0 Å². The number of rotatable bonds is 1. The highest BCUT2D eigenvalue weighted by molar-refractivity contribution is 6.09. The number of hydrogen-bond donors (Lipinski definition) is 1. The SMILES string of the molecule is NC1C(=O)N(c2ccc(C(F)(F)F)cc2)c2ccccc21. The van der Waals surface area contributed by atoms with Crippen LogP contribution in [0, 0.1) is 0 Å². The van der Waals surface area contributed by atoms with Gasteiger partial charge in [-0.05, 0) is 30.3 Å². The van der Waals surface area contributed by atoms with Crippen LogP contribution in [0.15, 0.2) is 48.5 Å². The summed E-state index contributed by atoms with van der Waals surface area (Å²) >= 11 is 0. The first-order chi connectivity index (χ1) is 9.89. The minimum absolute atomic E-state index is 0.351. The summed E-state index contributed by atoms with van der Waals surface area (Å²) in [6.45, 7) is 0. The number of nitrogens with zero attached hydrogens (tertiary/aromatic N) is 1. The predicted octanol–water partition coefficient (Wildman–Crippen LogP) is 3.38. The minimum Gasteiger partial charge on any atom is -0.316 e. The van der Waals surface area contributed by atoms with Crippen molar-refractivity contribution in [3.63, 3.8) is 0 Å². The number of alkyl halides is 3. The van der Waals surface area contributed by atoms with Gasteiger partial charge in [-0.15, -0.1) is 0 Å². The lowest BCUT2D eigenvalue weighted by Crippen LogP contribution is -2.27. The summed E-state index contributed by atoms with van der Waals surface area (Å²) in [5.74, 6) is -0.351. The van der Waals surface area contributed by atoms with E-state index in [-0.39, 0.29) is 5.91 Å². The molecule has 2 N–H and O–H groups in total. The highest BCUT2D eigenvalue weighted by Gasteiger charge is 2.36. The molecule has 3 nitrogen and oxygen atoms in total. The second-order valence-corrected chi connectivity index (χ2v) is 4.75. The summed E-state index contributed by atoms with van der Waals surface area (Å²) in [6.07, 6.45) is -4.40. The van der Waals surface area contributed by atoms with Crippen molar-refractivity contribution >= 4 is 17.3 Å². The number of carbonyl (C=O) groups is 1. The number of carbonyl (C=O) groups excluding carboxylic acids is 1. The predicted molar refractivity (Wildman–Crippen MR) is 72.0 cm³/mol. The number of hydrogen-bond acceptors (Lipinski definition) is 2. The Kier molecular flexibility index (Phi) is 2.98. The van der Waals surface area contributed by atoms with Crippen LogP contribution in [-0.4, -0.2) is 5.91 Å². The van der Waals surface area contributed by atoms with Gasteiger partial charge < -0.3 is 5.73 Å². The fraction of sp³-hybridized carbons (Fsp3) is 0.133. The fourth-order valence-electron chi connectivity index (χ4n) is 2.41. The van der Waals surface area contributed by atoms with Gasteiger partial charge in [-0.25, -0.2) is 0 Å². The number of anilines is 2. The van der Waals surface area contributed by atoms with Crippen molar-refractivity contribution in [3.8, 4) is 0 Å². The topological polar surface area (TPSA) is 46.3 Å². The summed E-state index contributed by atoms with van der Waals surface area (Å²) in [5, 5.41) is 0. The van der Waals surface area contributed by atoms with Crippen LogP contribution in [0.1, 0.15) is 17.2 Å². The van der Waals surface area contributed by atoms with Gasteiger partial charge in [0.05, 0.1) is 11.3 Å². The molecule has 1 amide bonds. The Balaban J connectivity index is 2.03. The summed E-state index contributed by atoms with van der Waals surface area (Å²) in [4.78, 5) is 13.6. The summed E-state index contributed by atoms with van der Waals surface area (Å²) in [5.41, 5.74) is 6.74. The lowest BCUT2D eigenvalue weighted by Gasteiger charge is -2.18. The molecule has 1 unspecified atom stereocenters. The first-order valence-electron chi connectivity index (χ1n) is 6.25. The molecule has 6 heteroatoms. The van der Waals surface area contributed by atoms with E-state index in [1.807, 2.05) is 0 Å². The van der Waals surface area contributed by atoms with Gasteiger partial charge >= 0.3 is 6.18 Å². The van der Waals surface area contributed by atoms with Crippen molar-refractivity contribution in [2.45, 2.75) is 12.2 Å². The molecule has 108 valence electrons.